The lowest BCUT2D eigenvalue weighted by Crippen LogP contribution is -2.53. The van der Waals surface area contributed by atoms with Crippen molar-refractivity contribution in [3.63, 3.8) is 0 Å². The summed E-state index contributed by atoms with van der Waals surface area (Å²) in [4.78, 5) is 16.4. The fourth-order valence-electron chi connectivity index (χ4n) is 2.97. The standard InChI is InChI=1S/C17H24F2N2O3/c1-2-14(12-22)20-7-9-21(10-8-20)16(23)11-13-5-3-4-6-15(13)24-17(18)19/h3-6,14,17,22H,2,7-12H2,1H3. The summed E-state index contributed by atoms with van der Waals surface area (Å²) < 4.78 is 29.3. The number of alkyl halides is 2. The Balaban J connectivity index is 1.92. The molecule has 1 N–H and O–H groups in total. The third-order valence-corrected chi connectivity index (χ3v) is 4.40. The molecule has 5 nitrogen and oxygen atoms in total. The minimum atomic E-state index is -2.91. The molecule has 24 heavy (non-hydrogen) atoms. The molecule has 1 aliphatic rings. The average molecular weight is 342 g/mol. The van der Waals surface area contributed by atoms with Gasteiger partial charge in [0.2, 0.25) is 5.91 Å². The van der Waals surface area contributed by atoms with E-state index in [-0.39, 0.29) is 30.7 Å². The molecule has 1 amide bonds. The lowest BCUT2D eigenvalue weighted by molar-refractivity contribution is -0.132. The van der Waals surface area contributed by atoms with Crippen molar-refractivity contribution in [2.45, 2.75) is 32.4 Å². The van der Waals surface area contributed by atoms with Crippen LogP contribution in [0.3, 0.4) is 0 Å². The third kappa shape index (κ3) is 4.88. The van der Waals surface area contributed by atoms with Gasteiger partial charge < -0.3 is 14.7 Å². The highest BCUT2D eigenvalue weighted by molar-refractivity contribution is 5.79. The van der Waals surface area contributed by atoms with E-state index in [9.17, 15) is 18.7 Å². The maximum atomic E-state index is 12.4. The van der Waals surface area contributed by atoms with Gasteiger partial charge in [-0.3, -0.25) is 9.69 Å². The lowest BCUT2D eigenvalue weighted by Gasteiger charge is -2.38. The van der Waals surface area contributed by atoms with E-state index in [1.54, 1.807) is 23.1 Å². The van der Waals surface area contributed by atoms with Crippen LogP contribution in [0.5, 0.6) is 5.75 Å². The smallest absolute Gasteiger partial charge is 0.387 e. The summed E-state index contributed by atoms with van der Waals surface area (Å²) in [5.41, 5.74) is 0.465. The largest absolute Gasteiger partial charge is 0.435 e. The second kappa shape index (κ2) is 8.94. The predicted octanol–water partition coefficient (Wildman–Crippen LogP) is 1.75. The van der Waals surface area contributed by atoms with Crippen LogP contribution < -0.4 is 4.74 Å². The molecule has 1 aromatic rings. The van der Waals surface area contributed by atoms with Gasteiger partial charge >= 0.3 is 6.61 Å². The van der Waals surface area contributed by atoms with E-state index >= 15 is 0 Å². The molecule has 0 spiro atoms. The van der Waals surface area contributed by atoms with Crippen LogP contribution in [-0.4, -0.2) is 66.3 Å². The van der Waals surface area contributed by atoms with Crippen molar-refractivity contribution in [1.29, 1.82) is 0 Å². The summed E-state index contributed by atoms with van der Waals surface area (Å²) in [6, 6.07) is 6.50. The van der Waals surface area contributed by atoms with Crippen molar-refractivity contribution >= 4 is 5.91 Å². The highest BCUT2D eigenvalue weighted by atomic mass is 19.3. The average Bonchev–Trinajstić information content (AvgIpc) is 2.58. The molecule has 1 aliphatic heterocycles. The van der Waals surface area contributed by atoms with Gasteiger partial charge in [0.15, 0.2) is 0 Å². The first-order chi connectivity index (χ1) is 11.5. The van der Waals surface area contributed by atoms with Gasteiger partial charge in [0.25, 0.3) is 0 Å². The van der Waals surface area contributed by atoms with E-state index in [1.165, 1.54) is 6.07 Å². The zero-order valence-electron chi connectivity index (χ0n) is 13.8. The molecule has 1 saturated heterocycles. The number of aliphatic hydroxyl groups is 1. The molecular weight excluding hydrogens is 318 g/mol. The van der Waals surface area contributed by atoms with Gasteiger partial charge in [-0.05, 0) is 12.5 Å². The number of halogens is 2. The lowest BCUT2D eigenvalue weighted by atomic mass is 10.1. The summed E-state index contributed by atoms with van der Waals surface area (Å²) in [5, 5.41) is 9.35. The van der Waals surface area contributed by atoms with Gasteiger partial charge in [0, 0.05) is 37.8 Å². The molecule has 2 rings (SSSR count). The number of amides is 1. The van der Waals surface area contributed by atoms with Crippen LogP contribution in [-0.2, 0) is 11.2 Å². The molecule has 0 bridgehead atoms. The van der Waals surface area contributed by atoms with Crippen molar-refractivity contribution in [2.24, 2.45) is 0 Å². The molecule has 1 aromatic carbocycles. The molecule has 0 saturated carbocycles. The number of nitrogens with zero attached hydrogens (tertiary/aromatic N) is 2. The number of ether oxygens (including phenoxy) is 1. The second-order valence-corrected chi connectivity index (χ2v) is 5.82. The fraction of sp³-hybridized carbons (Fsp3) is 0.588. The van der Waals surface area contributed by atoms with Gasteiger partial charge in [-0.15, -0.1) is 0 Å². The number of piperazine rings is 1. The summed E-state index contributed by atoms with van der Waals surface area (Å²) in [5.74, 6) is -0.0529. The Hall–Kier alpha value is -1.73. The van der Waals surface area contributed by atoms with Crippen molar-refractivity contribution < 1.29 is 23.4 Å². The number of carbonyl (C=O) groups is 1. The third-order valence-electron chi connectivity index (χ3n) is 4.40. The molecule has 1 atom stereocenters. The molecule has 0 radical (unpaired) electrons. The molecule has 0 aromatic heterocycles. The van der Waals surface area contributed by atoms with Crippen LogP contribution in [0.1, 0.15) is 18.9 Å². The first-order valence-corrected chi connectivity index (χ1v) is 8.20. The summed E-state index contributed by atoms with van der Waals surface area (Å²) in [6.45, 7) is 1.80. The van der Waals surface area contributed by atoms with Crippen molar-refractivity contribution in [1.82, 2.24) is 9.80 Å². The Morgan fingerprint density at radius 1 is 1.25 bits per heavy atom. The zero-order valence-corrected chi connectivity index (χ0v) is 13.8. The Labute approximate surface area is 140 Å². The van der Waals surface area contributed by atoms with Crippen molar-refractivity contribution in [3.05, 3.63) is 29.8 Å². The van der Waals surface area contributed by atoms with Crippen LogP contribution in [0.15, 0.2) is 24.3 Å². The summed E-state index contributed by atoms with van der Waals surface area (Å²) >= 11 is 0. The molecule has 0 aliphatic carbocycles. The Bertz CT molecular complexity index is 530. The maximum absolute atomic E-state index is 12.4. The molecule has 1 unspecified atom stereocenters. The van der Waals surface area contributed by atoms with E-state index < -0.39 is 6.61 Å². The Morgan fingerprint density at radius 2 is 1.92 bits per heavy atom. The van der Waals surface area contributed by atoms with E-state index in [0.717, 1.165) is 6.42 Å². The van der Waals surface area contributed by atoms with Crippen LogP contribution in [0.25, 0.3) is 0 Å². The fourth-order valence-corrected chi connectivity index (χ4v) is 2.97. The van der Waals surface area contributed by atoms with Gasteiger partial charge in [-0.25, -0.2) is 0 Å². The molecule has 1 fully saturated rings. The van der Waals surface area contributed by atoms with Gasteiger partial charge in [0.05, 0.1) is 13.0 Å². The highest BCUT2D eigenvalue weighted by Crippen LogP contribution is 2.21. The molecule has 7 heteroatoms. The Morgan fingerprint density at radius 3 is 2.50 bits per heavy atom. The van der Waals surface area contributed by atoms with E-state index in [0.29, 0.717) is 31.7 Å². The normalized spacial score (nSPS) is 17.1. The van der Waals surface area contributed by atoms with Crippen LogP contribution in [0.2, 0.25) is 0 Å². The summed E-state index contributed by atoms with van der Waals surface area (Å²) in [7, 11) is 0. The Kier molecular flexibility index (Phi) is 6.93. The number of rotatable bonds is 7. The minimum absolute atomic E-state index is 0.0418. The van der Waals surface area contributed by atoms with E-state index in [1.807, 2.05) is 6.92 Å². The van der Waals surface area contributed by atoms with Gasteiger partial charge in [0.1, 0.15) is 5.75 Å². The number of hydrogen-bond acceptors (Lipinski definition) is 4. The zero-order chi connectivity index (χ0) is 17.5. The molecule has 1 heterocycles. The van der Waals surface area contributed by atoms with E-state index in [4.69, 9.17) is 0 Å². The number of para-hydroxylation sites is 1. The number of aliphatic hydroxyl groups excluding tert-OH is 1. The second-order valence-electron chi connectivity index (χ2n) is 5.82. The first-order valence-electron chi connectivity index (χ1n) is 8.20. The summed E-state index contributed by atoms with van der Waals surface area (Å²) in [6.07, 6.45) is 0.906. The SMILES string of the molecule is CCC(CO)N1CCN(C(=O)Cc2ccccc2OC(F)F)CC1. The predicted molar refractivity (Wildman–Crippen MR) is 86.1 cm³/mol. The van der Waals surface area contributed by atoms with Crippen molar-refractivity contribution in [2.75, 3.05) is 32.8 Å². The van der Waals surface area contributed by atoms with Crippen LogP contribution >= 0.6 is 0 Å². The number of hydrogen-bond donors (Lipinski definition) is 1. The van der Waals surface area contributed by atoms with E-state index in [2.05, 4.69) is 9.64 Å². The van der Waals surface area contributed by atoms with Crippen molar-refractivity contribution in [3.8, 4) is 5.75 Å². The number of carbonyl (C=O) groups excluding carboxylic acids is 1. The first kappa shape index (κ1) is 18.6. The monoisotopic (exact) mass is 342 g/mol. The maximum Gasteiger partial charge on any atom is 0.387 e. The molecular formula is C17H24F2N2O3. The quantitative estimate of drug-likeness (QED) is 0.820. The van der Waals surface area contributed by atoms with Crippen LogP contribution in [0, 0.1) is 0 Å². The molecule has 134 valence electrons. The topological polar surface area (TPSA) is 53.0 Å². The van der Waals surface area contributed by atoms with Gasteiger partial charge in [-0.2, -0.15) is 8.78 Å². The highest BCUT2D eigenvalue weighted by Gasteiger charge is 2.25. The number of benzene rings is 1. The minimum Gasteiger partial charge on any atom is -0.435 e. The van der Waals surface area contributed by atoms with Crippen LogP contribution in [0.4, 0.5) is 8.78 Å². The van der Waals surface area contributed by atoms with Gasteiger partial charge in [-0.1, -0.05) is 25.1 Å².